The Bertz CT molecular complexity index is 469. The van der Waals surface area contributed by atoms with Crippen molar-refractivity contribution in [3.05, 3.63) is 35.4 Å². The van der Waals surface area contributed by atoms with Gasteiger partial charge in [0.15, 0.2) is 9.84 Å². The molecule has 0 unspecified atom stereocenters. The van der Waals surface area contributed by atoms with Crippen LogP contribution in [0.25, 0.3) is 0 Å². The van der Waals surface area contributed by atoms with Gasteiger partial charge in [0.1, 0.15) is 11.6 Å². The zero-order valence-corrected chi connectivity index (χ0v) is 11.1. The maximum atomic E-state index is 12.9. The van der Waals surface area contributed by atoms with Crippen molar-refractivity contribution >= 4 is 9.84 Å². The number of hydrogen-bond acceptors (Lipinski definition) is 3. The molecule has 0 aromatic heterocycles. The van der Waals surface area contributed by atoms with E-state index in [9.17, 15) is 17.2 Å². The van der Waals surface area contributed by atoms with Crippen molar-refractivity contribution in [3.63, 3.8) is 0 Å². The third-order valence-corrected chi connectivity index (χ3v) is 4.25. The number of nitrogens with one attached hydrogen (secondary N) is 1. The topological polar surface area (TPSA) is 46.2 Å². The first-order valence-electron chi connectivity index (χ1n) is 5.79. The fourth-order valence-electron chi connectivity index (χ4n) is 1.49. The lowest BCUT2D eigenvalue weighted by Crippen LogP contribution is -2.25. The molecule has 0 bridgehead atoms. The number of benzene rings is 1. The van der Waals surface area contributed by atoms with Crippen LogP contribution >= 0.6 is 0 Å². The summed E-state index contributed by atoms with van der Waals surface area (Å²) in [5.41, 5.74) is 0.554. The van der Waals surface area contributed by atoms with Gasteiger partial charge in [0.2, 0.25) is 0 Å². The maximum Gasteiger partial charge on any atom is 0.151 e. The molecule has 0 spiro atoms. The molecule has 0 saturated heterocycles. The summed E-state index contributed by atoms with van der Waals surface area (Å²) in [6.07, 6.45) is 0.459. The molecule has 1 rings (SSSR count). The number of hydrogen-bond donors (Lipinski definition) is 1. The van der Waals surface area contributed by atoms with Gasteiger partial charge in [-0.3, -0.25) is 0 Å². The van der Waals surface area contributed by atoms with Gasteiger partial charge in [-0.1, -0.05) is 6.92 Å². The number of halogens is 2. The first-order valence-corrected chi connectivity index (χ1v) is 7.61. The van der Waals surface area contributed by atoms with Gasteiger partial charge in [0, 0.05) is 18.4 Å². The minimum atomic E-state index is -2.96. The molecule has 18 heavy (non-hydrogen) atoms. The van der Waals surface area contributed by atoms with Crippen molar-refractivity contribution in [1.82, 2.24) is 5.32 Å². The van der Waals surface area contributed by atoms with Crippen LogP contribution in [-0.4, -0.2) is 33.0 Å². The fourth-order valence-corrected chi connectivity index (χ4v) is 2.23. The highest BCUT2D eigenvalue weighted by molar-refractivity contribution is 7.91. The van der Waals surface area contributed by atoms with Crippen LogP contribution < -0.4 is 5.32 Å². The van der Waals surface area contributed by atoms with Crippen LogP contribution in [0.4, 0.5) is 8.78 Å². The highest BCUT2D eigenvalue weighted by Crippen LogP contribution is 2.07. The quantitative estimate of drug-likeness (QED) is 0.769. The summed E-state index contributed by atoms with van der Waals surface area (Å²) in [4.78, 5) is 0. The third-order valence-electron chi connectivity index (χ3n) is 2.54. The number of sulfone groups is 1. The van der Waals surface area contributed by atoms with E-state index in [1.54, 1.807) is 6.92 Å². The lowest BCUT2D eigenvalue weighted by molar-refractivity contribution is 0.578. The van der Waals surface area contributed by atoms with Crippen molar-refractivity contribution in [2.75, 3.05) is 24.6 Å². The van der Waals surface area contributed by atoms with Crippen LogP contribution in [0, 0.1) is 11.6 Å². The molecule has 102 valence electrons. The summed E-state index contributed by atoms with van der Waals surface area (Å²) in [7, 11) is -2.96. The molecule has 0 aliphatic heterocycles. The maximum absolute atomic E-state index is 12.9. The zero-order valence-electron chi connectivity index (χ0n) is 10.2. The summed E-state index contributed by atoms with van der Waals surface area (Å²) in [5.74, 6) is -0.984. The molecule has 0 saturated carbocycles. The molecule has 3 nitrogen and oxygen atoms in total. The minimum Gasteiger partial charge on any atom is -0.315 e. The summed E-state index contributed by atoms with van der Waals surface area (Å²) < 4.78 is 48.1. The Kier molecular flexibility index (Phi) is 5.68. The third kappa shape index (κ3) is 5.55. The Morgan fingerprint density at radius 1 is 1.11 bits per heavy atom. The van der Waals surface area contributed by atoms with Crippen molar-refractivity contribution in [1.29, 1.82) is 0 Å². The van der Waals surface area contributed by atoms with Gasteiger partial charge in [-0.05, 0) is 30.7 Å². The second kappa shape index (κ2) is 6.80. The summed E-state index contributed by atoms with van der Waals surface area (Å²) in [5, 5.41) is 2.94. The van der Waals surface area contributed by atoms with Gasteiger partial charge in [-0.2, -0.15) is 0 Å². The van der Waals surface area contributed by atoms with E-state index >= 15 is 0 Å². The monoisotopic (exact) mass is 277 g/mol. The molecular formula is C12H17F2NO2S. The predicted molar refractivity (Wildman–Crippen MR) is 67.3 cm³/mol. The van der Waals surface area contributed by atoms with Gasteiger partial charge >= 0.3 is 0 Å². The van der Waals surface area contributed by atoms with Crippen LogP contribution in [0.2, 0.25) is 0 Å². The van der Waals surface area contributed by atoms with Gasteiger partial charge in [-0.25, -0.2) is 17.2 Å². The standard InChI is InChI=1S/C12H17F2NO2S/c1-2-18(16,17)6-5-15-4-3-10-7-11(13)9-12(14)8-10/h7-9,15H,2-6H2,1H3. The first kappa shape index (κ1) is 15.0. The summed E-state index contributed by atoms with van der Waals surface area (Å²) in [6, 6.07) is 3.37. The Labute approximate surface area is 106 Å². The fraction of sp³-hybridized carbons (Fsp3) is 0.500. The molecule has 1 aromatic carbocycles. The highest BCUT2D eigenvalue weighted by Gasteiger charge is 2.06. The summed E-state index contributed by atoms with van der Waals surface area (Å²) >= 11 is 0. The van der Waals surface area contributed by atoms with Gasteiger partial charge < -0.3 is 5.32 Å². The van der Waals surface area contributed by atoms with Crippen LogP contribution in [-0.2, 0) is 16.3 Å². The summed E-state index contributed by atoms with van der Waals surface area (Å²) in [6.45, 7) is 2.45. The van der Waals surface area contributed by atoms with Gasteiger partial charge in [0.05, 0.1) is 5.75 Å². The highest BCUT2D eigenvalue weighted by atomic mass is 32.2. The average Bonchev–Trinajstić information content (AvgIpc) is 2.27. The van der Waals surface area contributed by atoms with Crippen molar-refractivity contribution in [2.45, 2.75) is 13.3 Å². The Hall–Kier alpha value is -1.01. The van der Waals surface area contributed by atoms with E-state index in [0.717, 1.165) is 6.07 Å². The molecule has 0 amide bonds. The predicted octanol–water partition coefficient (Wildman–Crippen LogP) is 1.53. The van der Waals surface area contributed by atoms with Crippen LogP contribution in [0.15, 0.2) is 18.2 Å². The van der Waals surface area contributed by atoms with E-state index in [1.165, 1.54) is 12.1 Å². The van der Waals surface area contributed by atoms with E-state index in [0.29, 0.717) is 25.1 Å². The lowest BCUT2D eigenvalue weighted by atomic mass is 10.1. The Balaban J connectivity index is 2.30. The van der Waals surface area contributed by atoms with Gasteiger partial charge in [0.25, 0.3) is 0 Å². The lowest BCUT2D eigenvalue weighted by Gasteiger charge is -2.05. The Morgan fingerprint density at radius 2 is 1.72 bits per heavy atom. The molecule has 0 aliphatic rings. The minimum absolute atomic E-state index is 0.0843. The molecule has 1 aromatic rings. The van der Waals surface area contributed by atoms with E-state index in [-0.39, 0.29) is 11.5 Å². The van der Waals surface area contributed by atoms with Crippen molar-refractivity contribution in [3.8, 4) is 0 Å². The Morgan fingerprint density at radius 3 is 2.28 bits per heavy atom. The molecule has 0 heterocycles. The smallest absolute Gasteiger partial charge is 0.151 e. The second-order valence-corrected chi connectivity index (χ2v) is 6.49. The van der Waals surface area contributed by atoms with E-state index in [4.69, 9.17) is 0 Å². The van der Waals surface area contributed by atoms with E-state index in [1.807, 2.05) is 0 Å². The zero-order chi connectivity index (χ0) is 13.6. The average molecular weight is 277 g/mol. The van der Waals surface area contributed by atoms with Crippen LogP contribution in [0.3, 0.4) is 0 Å². The molecule has 1 N–H and O–H groups in total. The molecule has 6 heteroatoms. The molecule has 0 aliphatic carbocycles. The second-order valence-electron chi connectivity index (χ2n) is 4.01. The molecular weight excluding hydrogens is 260 g/mol. The first-order chi connectivity index (χ1) is 8.43. The molecule has 0 atom stereocenters. The van der Waals surface area contributed by atoms with Crippen molar-refractivity contribution in [2.24, 2.45) is 0 Å². The molecule has 0 radical (unpaired) electrons. The van der Waals surface area contributed by atoms with Crippen molar-refractivity contribution < 1.29 is 17.2 Å². The van der Waals surface area contributed by atoms with Crippen LogP contribution in [0.1, 0.15) is 12.5 Å². The van der Waals surface area contributed by atoms with E-state index < -0.39 is 21.5 Å². The SMILES string of the molecule is CCS(=O)(=O)CCNCCc1cc(F)cc(F)c1. The molecule has 0 fully saturated rings. The normalized spacial score (nSPS) is 11.7. The van der Waals surface area contributed by atoms with E-state index in [2.05, 4.69) is 5.32 Å². The van der Waals surface area contributed by atoms with Gasteiger partial charge in [-0.15, -0.1) is 0 Å². The number of rotatable bonds is 7. The van der Waals surface area contributed by atoms with Crippen LogP contribution in [0.5, 0.6) is 0 Å². The largest absolute Gasteiger partial charge is 0.315 e.